The van der Waals surface area contributed by atoms with E-state index in [0.29, 0.717) is 13.2 Å². The molecule has 3 nitrogen and oxygen atoms in total. The molecule has 0 aliphatic heterocycles. The minimum absolute atomic E-state index is 0.00884. The summed E-state index contributed by atoms with van der Waals surface area (Å²) in [6.07, 6.45) is 1.68. The first-order valence-corrected chi connectivity index (χ1v) is 6.54. The molecule has 0 spiro atoms. The van der Waals surface area contributed by atoms with Gasteiger partial charge in [0.05, 0.1) is 0 Å². The van der Waals surface area contributed by atoms with Gasteiger partial charge in [-0.2, -0.15) is 0 Å². The van der Waals surface area contributed by atoms with Crippen LogP contribution in [0, 0.1) is 0 Å². The molecule has 0 bridgehead atoms. The van der Waals surface area contributed by atoms with Crippen LogP contribution in [-0.2, 0) is 11.2 Å². The normalized spacial score (nSPS) is 10.3. The zero-order valence-electron chi connectivity index (χ0n) is 10.3. The predicted molar refractivity (Wildman–Crippen MR) is 72.3 cm³/mol. The second kappa shape index (κ2) is 7.45. The van der Waals surface area contributed by atoms with Crippen molar-refractivity contribution in [3.63, 3.8) is 0 Å². The summed E-state index contributed by atoms with van der Waals surface area (Å²) in [6, 6.07) is 5.74. The maximum absolute atomic E-state index is 11.9. The lowest BCUT2D eigenvalue weighted by atomic mass is 10.0. The summed E-state index contributed by atoms with van der Waals surface area (Å²) in [5.41, 5.74) is 1.82. The quantitative estimate of drug-likeness (QED) is 0.820. The van der Waals surface area contributed by atoms with E-state index in [4.69, 9.17) is 4.74 Å². The van der Waals surface area contributed by atoms with Gasteiger partial charge in [-0.05, 0) is 36.6 Å². The minimum Gasteiger partial charge on any atom is -0.385 e. The fourth-order valence-electron chi connectivity index (χ4n) is 1.59. The first-order chi connectivity index (χ1) is 8.19. The molecule has 1 aromatic carbocycles. The Morgan fingerprint density at radius 2 is 2.24 bits per heavy atom. The summed E-state index contributed by atoms with van der Waals surface area (Å²) in [6.45, 7) is 3.36. The molecule has 0 aliphatic carbocycles. The SMILES string of the molecule is CCc1cc(Br)ccc1C(=O)NCCCOC. The molecule has 0 aliphatic rings. The third kappa shape index (κ3) is 4.48. The van der Waals surface area contributed by atoms with Crippen molar-refractivity contribution < 1.29 is 9.53 Å². The lowest BCUT2D eigenvalue weighted by molar-refractivity contribution is 0.0947. The second-order valence-corrected chi connectivity index (χ2v) is 4.67. The van der Waals surface area contributed by atoms with E-state index >= 15 is 0 Å². The van der Waals surface area contributed by atoms with E-state index in [9.17, 15) is 4.79 Å². The Hall–Kier alpha value is -0.870. The Kier molecular flexibility index (Phi) is 6.22. The first-order valence-electron chi connectivity index (χ1n) is 5.74. The molecule has 1 N–H and O–H groups in total. The van der Waals surface area contributed by atoms with Crippen molar-refractivity contribution >= 4 is 21.8 Å². The molecule has 17 heavy (non-hydrogen) atoms. The lowest BCUT2D eigenvalue weighted by Gasteiger charge is -2.09. The Morgan fingerprint density at radius 1 is 1.47 bits per heavy atom. The van der Waals surface area contributed by atoms with Gasteiger partial charge in [0.15, 0.2) is 0 Å². The number of halogens is 1. The standard InChI is InChI=1S/C13H18BrNO2/c1-3-10-9-11(14)5-6-12(10)13(16)15-7-4-8-17-2/h5-6,9H,3-4,7-8H2,1-2H3,(H,15,16). The van der Waals surface area contributed by atoms with Gasteiger partial charge in [0.25, 0.3) is 5.91 Å². The molecular weight excluding hydrogens is 282 g/mol. The Labute approximate surface area is 111 Å². The van der Waals surface area contributed by atoms with Gasteiger partial charge in [-0.25, -0.2) is 0 Å². The number of methoxy groups -OCH3 is 1. The predicted octanol–water partition coefficient (Wildman–Crippen LogP) is 2.78. The molecule has 1 rings (SSSR count). The number of nitrogens with one attached hydrogen (secondary N) is 1. The number of benzene rings is 1. The van der Waals surface area contributed by atoms with Crippen LogP contribution in [0.15, 0.2) is 22.7 Å². The molecule has 0 fully saturated rings. The van der Waals surface area contributed by atoms with E-state index in [1.165, 1.54) is 0 Å². The maximum atomic E-state index is 11.9. The molecular formula is C13H18BrNO2. The summed E-state index contributed by atoms with van der Waals surface area (Å²) in [4.78, 5) is 11.9. The van der Waals surface area contributed by atoms with Crippen molar-refractivity contribution in [2.24, 2.45) is 0 Å². The molecule has 0 saturated carbocycles. The summed E-state index contributed by atoms with van der Waals surface area (Å²) < 4.78 is 5.94. The lowest BCUT2D eigenvalue weighted by Crippen LogP contribution is -2.26. The zero-order valence-corrected chi connectivity index (χ0v) is 11.8. The summed E-state index contributed by atoms with van der Waals surface area (Å²) in [5, 5.41) is 2.89. The molecule has 94 valence electrons. The van der Waals surface area contributed by atoms with Crippen LogP contribution < -0.4 is 5.32 Å². The van der Waals surface area contributed by atoms with Gasteiger partial charge in [0.2, 0.25) is 0 Å². The highest BCUT2D eigenvalue weighted by molar-refractivity contribution is 9.10. The van der Waals surface area contributed by atoms with Crippen LogP contribution in [0.1, 0.15) is 29.3 Å². The van der Waals surface area contributed by atoms with Gasteiger partial charge in [0.1, 0.15) is 0 Å². The molecule has 4 heteroatoms. The van der Waals surface area contributed by atoms with Crippen molar-refractivity contribution in [3.05, 3.63) is 33.8 Å². The van der Waals surface area contributed by atoms with Gasteiger partial charge in [0, 0.05) is 30.3 Å². The van der Waals surface area contributed by atoms with E-state index in [1.54, 1.807) is 7.11 Å². The topological polar surface area (TPSA) is 38.3 Å². The zero-order chi connectivity index (χ0) is 12.7. The summed E-state index contributed by atoms with van der Waals surface area (Å²) in [5.74, 6) is -0.00884. The Balaban J connectivity index is 2.62. The van der Waals surface area contributed by atoms with Crippen LogP contribution in [0.4, 0.5) is 0 Å². The maximum Gasteiger partial charge on any atom is 0.251 e. The highest BCUT2D eigenvalue weighted by Crippen LogP contribution is 2.17. The van der Waals surface area contributed by atoms with Crippen LogP contribution in [0.3, 0.4) is 0 Å². The smallest absolute Gasteiger partial charge is 0.251 e. The molecule has 1 aromatic rings. The highest BCUT2D eigenvalue weighted by Gasteiger charge is 2.09. The van der Waals surface area contributed by atoms with Crippen LogP contribution in [0.25, 0.3) is 0 Å². The van der Waals surface area contributed by atoms with Crippen molar-refractivity contribution in [2.45, 2.75) is 19.8 Å². The van der Waals surface area contributed by atoms with Gasteiger partial charge in [-0.15, -0.1) is 0 Å². The largest absolute Gasteiger partial charge is 0.385 e. The van der Waals surface area contributed by atoms with Gasteiger partial charge in [-0.1, -0.05) is 22.9 Å². The van der Waals surface area contributed by atoms with E-state index in [-0.39, 0.29) is 5.91 Å². The van der Waals surface area contributed by atoms with Crippen LogP contribution in [-0.4, -0.2) is 26.2 Å². The Morgan fingerprint density at radius 3 is 2.88 bits per heavy atom. The van der Waals surface area contributed by atoms with Crippen molar-refractivity contribution in [3.8, 4) is 0 Å². The number of amides is 1. The number of carbonyl (C=O) groups excluding carboxylic acids is 1. The second-order valence-electron chi connectivity index (χ2n) is 3.76. The summed E-state index contributed by atoms with van der Waals surface area (Å²) in [7, 11) is 1.66. The number of aryl methyl sites for hydroxylation is 1. The third-order valence-electron chi connectivity index (χ3n) is 2.50. The number of hydrogen-bond donors (Lipinski definition) is 1. The number of rotatable bonds is 6. The molecule has 0 saturated heterocycles. The van der Waals surface area contributed by atoms with E-state index < -0.39 is 0 Å². The highest BCUT2D eigenvalue weighted by atomic mass is 79.9. The third-order valence-corrected chi connectivity index (χ3v) is 3.00. The average Bonchev–Trinajstić information content (AvgIpc) is 2.34. The Bertz CT molecular complexity index is 380. The van der Waals surface area contributed by atoms with Gasteiger partial charge >= 0.3 is 0 Å². The minimum atomic E-state index is -0.00884. The number of hydrogen-bond acceptors (Lipinski definition) is 2. The number of carbonyl (C=O) groups is 1. The van der Waals surface area contributed by atoms with E-state index in [1.807, 2.05) is 25.1 Å². The van der Waals surface area contributed by atoms with Crippen LogP contribution in [0.2, 0.25) is 0 Å². The fourth-order valence-corrected chi connectivity index (χ4v) is 2.00. The molecule has 0 aromatic heterocycles. The monoisotopic (exact) mass is 299 g/mol. The van der Waals surface area contributed by atoms with Crippen molar-refractivity contribution in [1.82, 2.24) is 5.32 Å². The average molecular weight is 300 g/mol. The van der Waals surface area contributed by atoms with Crippen LogP contribution >= 0.6 is 15.9 Å². The molecule has 0 radical (unpaired) electrons. The van der Waals surface area contributed by atoms with Crippen molar-refractivity contribution in [2.75, 3.05) is 20.3 Å². The molecule has 1 amide bonds. The van der Waals surface area contributed by atoms with Crippen molar-refractivity contribution in [1.29, 1.82) is 0 Å². The first kappa shape index (κ1) is 14.2. The van der Waals surface area contributed by atoms with Gasteiger partial charge < -0.3 is 10.1 Å². The van der Waals surface area contributed by atoms with Crippen LogP contribution in [0.5, 0.6) is 0 Å². The van der Waals surface area contributed by atoms with Gasteiger partial charge in [-0.3, -0.25) is 4.79 Å². The van der Waals surface area contributed by atoms with E-state index in [2.05, 4.69) is 21.2 Å². The molecule has 0 atom stereocenters. The molecule has 0 unspecified atom stereocenters. The fraction of sp³-hybridized carbons (Fsp3) is 0.462. The summed E-state index contributed by atoms with van der Waals surface area (Å²) >= 11 is 3.41. The van der Waals surface area contributed by atoms with E-state index in [0.717, 1.165) is 28.4 Å². The molecule has 0 heterocycles. The number of ether oxygens (including phenoxy) is 1.